The Bertz CT molecular complexity index is 1420. The molecule has 2 N–H and O–H groups in total. The number of carbonyl (C=O) groups is 1. The highest BCUT2D eigenvalue weighted by molar-refractivity contribution is 5.94. The van der Waals surface area contributed by atoms with Crippen LogP contribution < -0.4 is 14.8 Å². The molecule has 36 heavy (non-hydrogen) atoms. The van der Waals surface area contributed by atoms with E-state index in [1.807, 2.05) is 48.7 Å². The zero-order chi connectivity index (χ0) is 24.7. The molecule has 0 spiro atoms. The van der Waals surface area contributed by atoms with Crippen LogP contribution >= 0.6 is 0 Å². The zero-order valence-corrected chi connectivity index (χ0v) is 19.1. The van der Waals surface area contributed by atoms with Crippen molar-refractivity contribution in [2.24, 2.45) is 5.92 Å². The number of carbonyl (C=O) groups excluding carboxylic acids is 1. The molecule has 0 radical (unpaired) electrons. The number of pyridine rings is 1. The lowest BCUT2D eigenvalue weighted by Gasteiger charge is -2.24. The van der Waals surface area contributed by atoms with Gasteiger partial charge in [0.25, 0.3) is 5.92 Å². The normalized spacial score (nSPS) is 19.6. The van der Waals surface area contributed by atoms with Gasteiger partial charge in [-0.05, 0) is 36.2 Å². The summed E-state index contributed by atoms with van der Waals surface area (Å²) in [6, 6.07) is 18.7. The molecule has 1 saturated carbocycles. The Morgan fingerprint density at radius 1 is 1.11 bits per heavy atom. The standard InChI is InChI=1S/C27H22F2N4O3/c28-27(29)13-21(27)26(34)33-24-12-20(8-9-30-24)36-19-6-7-23-17(11-19)10-18(15-35-23)25-31-14-22(32-25)16-4-2-1-3-5-16/h1-9,11-12,14,18,21H,10,13,15H2,(H,31,32)(H,30,33,34). The Labute approximate surface area is 205 Å². The van der Waals surface area contributed by atoms with Crippen LogP contribution in [0.5, 0.6) is 17.2 Å². The highest BCUT2D eigenvalue weighted by Crippen LogP contribution is 2.49. The molecule has 2 aromatic heterocycles. The van der Waals surface area contributed by atoms with Crippen molar-refractivity contribution in [2.75, 3.05) is 11.9 Å². The molecule has 2 aliphatic rings. The van der Waals surface area contributed by atoms with Crippen LogP contribution in [0.1, 0.15) is 23.7 Å². The number of halogens is 2. The summed E-state index contributed by atoms with van der Waals surface area (Å²) < 4.78 is 38.2. The SMILES string of the molecule is O=C(Nc1cc(Oc2ccc3c(c2)CC(c2nc(-c4ccccc4)c[nH]2)CO3)ccn1)C1CC1(F)F. The molecule has 182 valence electrons. The van der Waals surface area contributed by atoms with Gasteiger partial charge in [0, 0.05) is 30.4 Å². The van der Waals surface area contributed by atoms with Gasteiger partial charge in [-0.25, -0.2) is 18.7 Å². The van der Waals surface area contributed by atoms with E-state index in [0.717, 1.165) is 34.8 Å². The molecule has 7 nitrogen and oxygen atoms in total. The van der Waals surface area contributed by atoms with Crippen molar-refractivity contribution < 1.29 is 23.0 Å². The molecular formula is C27H22F2N4O3. The van der Waals surface area contributed by atoms with Crippen molar-refractivity contribution in [2.45, 2.75) is 24.7 Å². The van der Waals surface area contributed by atoms with E-state index in [9.17, 15) is 13.6 Å². The summed E-state index contributed by atoms with van der Waals surface area (Å²) in [7, 11) is 0. The summed E-state index contributed by atoms with van der Waals surface area (Å²) in [6.45, 7) is 0.516. The summed E-state index contributed by atoms with van der Waals surface area (Å²) in [5, 5.41) is 2.43. The minimum atomic E-state index is -2.93. The van der Waals surface area contributed by atoms with Crippen LogP contribution in [0.25, 0.3) is 11.3 Å². The maximum absolute atomic E-state index is 13.1. The van der Waals surface area contributed by atoms with Gasteiger partial charge in [0.1, 0.15) is 34.8 Å². The number of imidazole rings is 1. The summed E-state index contributed by atoms with van der Waals surface area (Å²) in [4.78, 5) is 24.0. The Balaban J connectivity index is 1.14. The Kier molecular flexibility index (Phi) is 5.40. The molecule has 3 heterocycles. The second-order valence-corrected chi connectivity index (χ2v) is 9.00. The molecule has 1 aliphatic heterocycles. The van der Waals surface area contributed by atoms with Crippen LogP contribution in [-0.4, -0.2) is 33.4 Å². The van der Waals surface area contributed by atoms with Crippen molar-refractivity contribution in [1.29, 1.82) is 0 Å². The number of aromatic amines is 1. The van der Waals surface area contributed by atoms with Crippen LogP contribution in [0.3, 0.4) is 0 Å². The summed E-state index contributed by atoms with van der Waals surface area (Å²) in [6.07, 6.45) is 3.65. The van der Waals surface area contributed by atoms with Gasteiger partial charge in [-0.3, -0.25) is 4.79 Å². The van der Waals surface area contributed by atoms with Gasteiger partial charge in [0.15, 0.2) is 0 Å². The number of rotatable bonds is 6. The van der Waals surface area contributed by atoms with E-state index in [1.54, 1.807) is 12.1 Å². The van der Waals surface area contributed by atoms with Gasteiger partial charge < -0.3 is 19.8 Å². The molecule has 0 saturated heterocycles. The van der Waals surface area contributed by atoms with E-state index >= 15 is 0 Å². The van der Waals surface area contributed by atoms with Crippen LogP contribution in [0.2, 0.25) is 0 Å². The summed E-state index contributed by atoms with van der Waals surface area (Å²) in [5.74, 6) is -2.08. The van der Waals surface area contributed by atoms with E-state index in [-0.39, 0.29) is 11.7 Å². The molecular weight excluding hydrogens is 466 g/mol. The predicted octanol–water partition coefficient (Wildman–Crippen LogP) is 5.58. The lowest BCUT2D eigenvalue weighted by atomic mass is 9.96. The molecule has 2 unspecified atom stereocenters. The number of anilines is 1. The monoisotopic (exact) mass is 488 g/mol. The quantitative estimate of drug-likeness (QED) is 0.370. The third-order valence-electron chi connectivity index (χ3n) is 6.35. The number of nitrogens with one attached hydrogen (secondary N) is 2. The third kappa shape index (κ3) is 4.51. The Hall–Kier alpha value is -4.27. The lowest BCUT2D eigenvalue weighted by molar-refractivity contribution is -0.119. The fourth-order valence-corrected chi connectivity index (χ4v) is 4.30. The molecule has 9 heteroatoms. The number of ether oxygens (including phenoxy) is 2. The number of nitrogens with zero attached hydrogens (tertiary/aromatic N) is 2. The van der Waals surface area contributed by atoms with Crippen molar-refractivity contribution in [3.8, 4) is 28.5 Å². The van der Waals surface area contributed by atoms with Crippen LogP contribution in [0.4, 0.5) is 14.6 Å². The van der Waals surface area contributed by atoms with Crippen LogP contribution in [0.15, 0.2) is 73.1 Å². The number of amides is 1. The molecule has 0 bridgehead atoms. The summed E-state index contributed by atoms with van der Waals surface area (Å²) >= 11 is 0. The van der Waals surface area contributed by atoms with E-state index in [4.69, 9.17) is 14.5 Å². The largest absolute Gasteiger partial charge is 0.493 e. The number of hydrogen-bond donors (Lipinski definition) is 2. The van der Waals surface area contributed by atoms with Gasteiger partial charge in [0.05, 0.1) is 18.2 Å². The number of alkyl halides is 2. The third-order valence-corrected chi connectivity index (χ3v) is 6.35. The van der Waals surface area contributed by atoms with Crippen molar-refractivity contribution >= 4 is 11.7 Å². The van der Waals surface area contributed by atoms with Crippen LogP contribution in [0, 0.1) is 5.92 Å². The van der Waals surface area contributed by atoms with Crippen molar-refractivity contribution in [3.63, 3.8) is 0 Å². The highest BCUT2D eigenvalue weighted by atomic mass is 19.3. The van der Waals surface area contributed by atoms with Gasteiger partial charge in [0.2, 0.25) is 5.91 Å². The molecule has 1 aliphatic carbocycles. The van der Waals surface area contributed by atoms with Gasteiger partial charge in [-0.1, -0.05) is 30.3 Å². The number of benzene rings is 2. The second kappa shape index (κ2) is 8.75. The molecule has 2 aromatic carbocycles. The summed E-state index contributed by atoms with van der Waals surface area (Å²) in [5.41, 5.74) is 2.92. The number of fused-ring (bicyclic) bond motifs is 1. The highest BCUT2D eigenvalue weighted by Gasteiger charge is 2.61. The molecule has 2 atom stereocenters. The van der Waals surface area contributed by atoms with Crippen molar-refractivity contribution in [1.82, 2.24) is 15.0 Å². The van der Waals surface area contributed by atoms with Gasteiger partial charge in [-0.2, -0.15) is 0 Å². The number of H-pyrrole nitrogens is 1. The first-order chi connectivity index (χ1) is 17.4. The maximum atomic E-state index is 13.1. The number of aromatic nitrogens is 3. The first-order valence-corrected chi connectivity index (χ1v) is 11.6. The average molecular weight is 488 g/mol. The molecule has 6 rings (SSSR count). The average Bonchev–Trinajstić information content (AvgIpc) is 3.28. The molecule has 1 amide bonds. The smallest absolute Gasteiger partial charge is 0.260 e. The fourth-order valence-electron chi connectivity index (χ4n) is 4.30. The van der Waals surface area contributed by atoms with Crippen LogP contribution in [-0.2, 0) is 11.2 Å². The first kappa shape index (κ1) is 22.2. The minimum Gasteiger partial charge on any atom is -0.493 e. The second-order valence-electron chi connectivity index (χ2n) is 9.00. The lowest BCUT2D eigenvalue weighted by Crippen LogP contribution is -2.20. The van der Waals surface area contributed by atoms with E-state index in [2.05, 4.69) is 15.3 Å². The first-order valence-electron chi connectivity index (χ1n) is 11.6. The van der Waals surface area contributed by atoms with E-state index < -0.39 is 24.2 Å². The zero-order valence-electron chi connectivity index (χ0n) is 19.1. The van der Waals surface area contributed by atoms with Gasteiger partial charge in [-0.15, -0.1) is 0 Å². The fraction of sp³-hybridized carbons (Fsp3) is 0.222. The van der Waals surface area contributed by atoms with Gasteiger partial charge >= 0.3 is 0 Å². The predicted molar refractivity (Wildman–Crippen MR) is 128 cm³/mol. The Morgan fingerprint density at radius 3 is 2.72 bits per heavy atom. The maximum Gasteiger partial charge on any atom is 0.260 e. The van der Waals surface area contributed by atoms with E-state index in [1.165, 1.54) is 12.3 Å². The number of hydrogen-bond acceptors (Lipinski definition) is 5. The molecule has 1 fully saturated rings. The minimum absolute atomic E-state index is 0.0634. The van der Waals surface area contributed by atoms with E-state index in [0.29, 0.717) is 18.1 Å². The molecule has 4 aromatic rings. The Morgan fingerprint density at radius 2 is 1.92 bits per heavy atom. The van der Waals surface area contributed by atoms with Crippen molar-refractivity contribution in [3.05, 3.63) is 84.4 Å². The topological polar surface area (TPSA) is 89.1 Å².